The molecule has 2 rings (SSSR count). The SMILES string of the molecule is COc1cc(N)cc(CN(Cc2ccccc2)C(C)C)c1. The highest BCUT2D eigenvalue weighted by molar-refractivity contribution is 5.47. The van der Waals surface area contributed by atoms with Crippen molar-refractivity contribution in [3.05, 3.63) is 59.7 Å². The normalized spacial score (nSPS) is 11.1. The number of nitrogen functional groups attached to an aromatic ring is 1. The van der Waals surface area contributed by atoms with Gasteiger partial charge in [-0.3, -0.25) is 4.90 Å². The zero-order chi connectivity index (χ0) is 15.2. The predicted octanol–water partition coefficient (Wildman–Crippen LogP) is 3.69. The highest BCUT2D eigenvalue weighted by atomic mass is 16.5. The Labute approximate surface area is 127 Å². The van der Waals surface area contributed by atoms with E-state index < -0.39 is 0 Å². The molecule has 0 atom stereocenters. The quantitative estimate of drug-likeness (QED) is 0.822. The monoisotopic (exact) mass is 284 g/mol. The van der Waals surface area contributed by atoms with E-state index in [0.717, 1.165) is 24.5 Å². The van der Waals surface area contributed by atoms with Crippen molar-refractivity contribution < 1.29 is 4.74 Å². The van der Waals surface area contributed by atoms with Crippen molar-refractivity contribution in [3.63, 3.8) is 0 Å². The van der Waals surface area contributed by atoms with Gasteiger partial charge in [-0.2, -0.15) is 0 Å². The summed E-state index contributed by atoms with van der Waals surface area (Å²) in [6.45, 7) is 6.21. The predicted molar refractivity (Wildman–Crippen MR) is 88.2 cm³/mol. The lowest BCUT2D eigenvalue weighted by atomic mass is 10.1. The van der Waals surface area contributed by atoms with E-state index in [-0.39, 0.29) is 0 Å². The fourth-order valence-electron chi connectivity index (χ4n) is 2.37. The lowest BCUT2D eigenvalue weighted by Crippen LogP contribution is -2.29. The largest absolute Gasteiger partial charge is 0.497 e. The third-order valence-corrected chi connectivity index (χ3v) is 3.57. The van der Waals surface area contributed by atoms with Crippen molar-refractivity contribution in [3.8, 4) is 5.75 Å². The van der Waals surface area contributed by atoms with Crippen molar-refractivity contribution in [2.24, 2.45) is 0 Å². The molecule has 112 valence electrons. The van der Waals surface area contributed by atoms with Gasteiger partial charge in [0.15, 0.2) is 0 Å². The van der Waals surface area contributed by atoms with Crippen LogP contribution in [-0.4, -0.2) is 18.1 Å². The zero-order valence-corrected chi connectivity index (χ0v) is 13.0. The number of methoxy groups -OCH3 is 1. The van der Waals surface area contributed by atoms with Crippen molar-refractivity contribution in [2.75, 3.05) is 12.8 Å². The summed E-state index contributed by atoms with van der Waals surface area (Å²) < 4.78 is 5.30. The molecule has 0 saturated heterocycles. The van der Waals surface area contributed by atoms with Crippen LogP contribution >= 0.6 is 0 Å². The maximum atomic E-state index is 5.94. The number of nitrogens with zero attached hydrogens (tertiary/aromatic N) is 1. The van der Waals surface area contributed by atoms with Gasteiger partial charge >= 0.3 is 0 Å². The van der Waals surface area contributed by atoms with Crippen LogP contribution < -0.4 is 10.5 Å². The fraction of sp³-hybridized carbons (Fsp3) is 0.333. The van der Waals surface area contributed by atoms with E-state index in [0.29, 0.717) is 6.04 Å². The molecule has 0 aliphatic rings. The van der Waals surface area contributed by atoms with Crippen molar-refractivity contribution in [1.82, 2.24) is 4.90 Å². The first-order valence-corrected chi connectivity index (χ1v) is 7.30. The molecule has 0 spiro atoms. The Bertz CT molecular complexity index is 567. The summed E-state index contributed by atoms with van der Waals surface area (Å²) >= 11 is 0. The van der Waals surface area contributed by atoms with Crippen LogP contribution in [-0.2, 0) is 13.1 Å². The molecule has 0 heterocycles. The second-order valence-electron chi connectivity index (χ2n) is 5.60. The van der Waals surface area contributed by atoms with Gasteiger partial charge in [-0.25, -0.2) is 0 Å². The molecule has 0 radical (unpaired) electrons. The number of hydrogen-bond acceptors (Lipinski definition) is 3. The molecule has 0 fully saturated rings. The average Bonchev–Trinajstić information content (AvgIpc) is 2.47. The Morgan fingerprint density at radius 1 is 1.00 bits per heavy atom. The van der Waals surface area contributed by atoms with E-state index in [1.54, 1.807) is 7.11 Å². The molecule has 0 bridgehead atoms. The third-order valence-electron chi connectivity index (χ3n) is 3.57. The highest BCUT2D eigenvalue weighted by Crippen LogP contribution is 2.21. The molecule has 3 heteroatoms. The Hall–Kier alpha value is -2.00. The first kappa shape index (κ1) is 15.4. The molecule has 0 amide bonds. The summed E-state index contributed by atoms with van der Waals surface area (Å²) in [7, 11) is 1.67. The minimum absolute atomic E-state index is 0.456. The van der Waals surface area contributed by atoms with Gasteiger partial charge in [-0.15, -0.1) is 0 Å². The molecule has 0 aromatic heterocycles. The van der Waals surface area contributed by atoms with Crippen LogP contribution in [0.2, 0.25) is 0 Å². The van der Waals surface area contributed by atoms with E-state index in [4.69, 9.17) is 10.5 Å². The zero-order valence-electron chi connectivity index (χ0n) is 13.0. The summed E-state index contributed by atoms with van der Waals surface area (Å²) in [6, 6.07) is 16.9. The van der Waals surface area contributed by atoms with E-state index in [1.807, 2.05) is 18.2 Å². The first-order chi connectivity index (χ1) is 10.1. The lowest BCUT2D eigenvalue weighted by molar-refractivity contribution is 0.203. The number of nitrogens with two attached hydrogens (primary N) is 1. The minimum atomic E-state index is 0.456. The molecule has 21 heavy (non-hydrogen) atoms. The van der Waals surface area contributed by atoms with Gasteiger partial charge < -0.3 is 10.5 Å². The molecular formula is C18H24N2O. The summed E-state index contributed by atoms with van der Waals surface area (Å²) in [5.41, 5.74) is 9.18. The summed E-state index contributed by atoms with van der Waals surface area (Å²) in [5.74, 6) is 0.813. The van der Waals surface area contributed by atoms with Crippen LogP contribution in [0.5, 0.6) is 5.75 Å². The molecule has 2 aromatic carbocycles. The molecule has 3 nitrogen and oxygen atoms in total. The number of anilines is 1. The van der Waals surface area contributed by atoms with Gasteiger partial charge in [0.1, 0.15) is 5.75 Å². The van der Waals surface area contributed by atoms with Crippen LogP contribution in [0.15, 0.2) is 48.5 Å². The van der Waals surface area contributed by atoms with Gasteiger partial charge in [-0.05, 0) is 37.1 Å². The van der Waals surface area contributed by atoms with Crippen molar-refractivity contribution in [1.29, 1.82) is 0 Å². The first-order valence-electron chi connectivity index (χ1n) is 7.30. The lowest BCUT2D eigenvalue weighted by Gasteiger charge is -2.27. The Morgan fingerprint density at radius 2 is 1.67 bits per heavy atom. The fourth-order valence-corrected chi connectivity index (χ4v) is 2.37. The van der Waals surface area contributed by atoms with Crippen LogP contribution in [0.1, 0.15) is 25.0 Å². The third kappa shape index (κ3) is 4.50. The van der Waals surface area contributed by atoms with Crippen LogP contribution in [0.3, 0.4) is 0 Å². The van der Waals surface area contributed by atoms with Crippen LogP contribution in [0, 0.1) is 0 Å². The molecule has 0 unspecified atom stereocenters. The molecule has 2 aromatic rings. The van der Waals surface area contributed by atoms with Gasteiger partial charge in [0.2, 0.25) is 0 Å². The summed E-state index contributed by atoms with van der Waals surface area (Å²) in [4.78, 5) is 2.42. The standard InChI is InChI=1S/C18H24N2O/c1-14(2)20(12-15-7-5-4-6-8-15)13-16-9-17(19)11-18(10-16)21-3/h4-11,14H,12-13,19H2,1-3H3. The molecule has 0 aliphatic heterocycles. The van der Waals surface area contributed by atoms with Crippen molar-refractivity contribution >= 4 is 5.69 Å². The number of benzene rings is 2. The summed E-state index contributed by atoms with van der Waals surface area (Å²) in [5, 5.41) is 0. The van der Waals surface area contributed by atoms with Crippen LogP contribution in [0.4, 0.5) is 5.69 Å². The van der Waals surface area contributed by atoms with E-state index in [2.05, 4.69) is 49.1 Å². The Balaban J connectivity index is 2.14. The van der Waals surface area contributed by atoms with E-state index in [1.165, 1.54) is 11.1 Å². The Kier molecular flexibility index (Phi) is 5.23. The Morgan fingerprint density at radius 3 is 2.29 bits per heavy atom. The maximum Gasteiger partial charge on any atom is 0.121 e. The van der Waals surface area contributed by atoms with E-state index >= 15 is 0 Å². The van der Waals surface area contributed by atoms with E-state index in [9.17, 15) is 0 Å². The molecule has 0 aliphatic carbocycles. The van der Waals surface area contributed by atoms with Crippen LogP contribution in [0.25, 0.3) is 0 Å². The maximum absolute atomic E-state index is 5.94. The number of rotatable bonds is 6. The minimum Gasteiger partial charge on any atom is -0.497 e. The molecule has 0 saturated carbocycles. The summed E-state index contributed by atoms with van der Waals surface area (Å²) in [6.07, 6.45) is 0. The average molecular weight is 284 g/mol. The van der Waals surface area contributed by atoms with Gasteiger partial charge in [0, 0.05) is 30.9 Å². The molecular weight excluding hydrogens is 260 g/mol. The van der Waals surface area contributed by atoms with Crippen molar-refractivity contribution in [2.45, 2.75) is 33.0 Å². The van der Waals surface area contributed by atoms with Gasteiger partial charge in [0.05, 0.1) is 7.11 Å². The van der Waals surface area contributed by atoms with Gasteiger partial charge in [0.25, 0.3) is 0 Å². The highest BCUT2D eigenvalue weighted by Gasteiger charge is 2.12. The number of ether oxygens (including phenoxy) is 1. The second-order valence-corrected chi connectivity index (χ2v) is 5.60. The van der Waals surface area contributed by atoms with Gasteiger partial charge in [-0.1, -0.05) is 30.3 Å². The smallest absolute Gasteiger partial charge is 0.121 e. The number of hydrogen-bond donors (Lipinski definition) is 1. The molecule has 2 N–H and O–H groups in total. The topological polar surface area (TPSA) is 38.5 Å². The second kappa shape index (κ2) is 7.14.